The van der Waals surface area contributed by atoms with Crippen molar-refractivity contribution in [2.45, 2.75) is 25.4 Å². The van der Waals surface area contributed by atoms with E-state index in [1.165, 1.54) is 10.6 Å². The minimum absolute atomic E-state index is 0.0952. The fraction of sp³-hybridized carbons (Fsp3) is 0.500. The van der Waals surface area contributed by atoms with Crippen molar-refractivity contribution in [2.24, 2.45) is 5.73 Å². The summed E-state index contributed by atoms with van der Waals surface area (Å²) in [5.74, 6) is -0.277. The summed E-state index contributed by atoms with van der Waals surface area (Å²) in [6.07, 6.45) is 2.12. The minimum atomic E-state index is -0.965. The molecule has 1 unspecified atom stereocenters. The molecule has 18 heavy (non-hydrogen) atoms. The Labute approximate surface area is 105 Å². The normalized spacial score (nSPS) is 23.0. The Morgan fingerprint density at radius 3 is 3.00 bits per heavy atom. The Hall–Kier alpha value is -1.66. The maximum absolute atomic E-state index is 12.0. The quantitative estimate of drug-likeness (QED) is 0.787. The number of rotatable bonds is 3. The van der Waals surface area contributed by atoms with Crippen molar-refractivity contribution in [3.8, 4) is 0 Å². The first-order chi connectivity index (χ1) is 8.55. The van der Waals surface area contributed by atoms with Crippen molar-refractivity contribution in [1.29, 1.82) is 0 Å². The highest BCUT2D eigenvalue weighted by Gasteiger charge is 2.38. The van der Waals surface area contributed by atoms with Crippen LogP contribution in [-0.4, -0.2) is 29.2 Å². The van der Waals surface area contributed by atoms with Crippen molar-refractivity contribution in [1.82, 2.24) is 4.57 Å². The Morgan fingerprint density at radius 1 is 1.61 bits per heavy atom. The molecule has 0 radical (unpaired) electrons. The van der Waals surface area contributed by atoms with E-state index < -0.39 is 5.54 Å². The summed E-state index contributed by atoms with van der Waals surface area (Å²) in [6.45, 7) is 3.15. The van der Waals surface area contributed by atoms with Crippen molar-refractivity contribution in [2.75, 3.05) is 18.5 Å². The molecule has 0 aliphatic carbocycles. The third-order valence-electron chi connectivity index (χ3n) is 3.09. The number of ether oxygens (including phenoxy) is 1. The van der Waals surface area contributed by atoms with Gasteiger partial charge in [0.15, 0.2) is 0 Å². The van der Waals surface area contributed by atoms with E-state index >= 15 is 0 Å². The van der Waals surface area contributed by atoms with Crippen LogP contribution in [0.25, 0.3) is 0 Å². The molecule has 1 saturated heterocycles. The standard InChI is InChI=1S/C12H17N3O3/c1-2-15-7-9(3-4-10(15)16)14-11(17)12(13)5-6-18-8-12/h3-4,7H,2,5-6,8,13H2,1H3,(H,14,17). The van der Waals surface area contributed by atoms with Gasteiger partial charge in [0.1, 0.15) is 5.54 Å². The molecule has 98 valence electrons. The molecule has 1 atom stereocenters. The molecule has 1 amide bonds. The van der Waals surface area contributed by atoms with Crippen LogP contribution in [0.4, 0.5) is 5.69 Å². The lowest BCUT2D eigenvalue weighted by atomic mass is 9.99. The molecule has 2 rings (SSSR count). The van der Waals surface area contributed by atoms with Gasteiger partial charge in [0.05, 0.1) is 12.3 Å². The molecule has 2 heterocycles. The van der Waals surface area contributed by atoms with E-state index in [1.807, 2.05) is 6.92 Å². The number of pyridine rings is 1. The average molecular weight is 251 g/mol. The molecule has 6 nitrogen and oxygen atoms in total. The lowest BCUT2D eigenvalue weighted by Crippen LogP contribution is -2.51. The molecular formula is C12H17N3O3. The van der Waals surface area contributed by atoms with Gasteiger partial charge in [-0.3, -0.25) is 9.59 Å². The average Bonchev–Trinajstić information content (AvgIpc) is 2.80. The van der Waals surface area contributed by atoms with Gasteiger partial charge in [0.2, 0.25) is 5.91 Å². The number of aromatic nitrogens is 1. The van der Waals surface area contributed by atoms with Crippen LogP contribution in [0, 0.1) is 0 Å². The summed E-state index contributed by atoms with van der Waals surface area (Å²) in [5, 5.41) is 2.72. The van der Waals surface area contributed by atoms with Gasteiger partial charge in [0.25, 0.3) is 5.56 Å². The highest BCUT2D eigenvalue weighted by Crippen LogP contribution is 2.17. The number of carbonyl (C=O) groups is 1. The van der Waals surface area contributed by atoms with E-state index in [9.17, 15) is 9.59 Å². The van der Waals surface area contributed by atoms with Crippen LogP contribution >= 0.6 is 0 Å². The highest BCUT2D eigenvalue weighted by molar-refractivity contribution is 5.98. The van der Waals surface area contributed by atoms with Crippen molar-refractivity contribution in [3.63, 3.8) is 0 Å². The first-order valence-electron chi connectivity index (χ1n) is 5.94. The van der Waals surface area contributed by atoms with Crippen LogP contribution in [-0.2, 0) is 16.1 Å². The van der Waals surface area contributed by atoms with Gasteiger partial charge in [-0.1, -0.05) is 0 Å². The van der Waals surface area contributed by atoms with E-state index in [0.717, 1.165) is 0 Å². The SMILES string of the molecule is CCn1cc(NC(=O)C2(N)CCOC2)ccc1=O. The molecule has 1 aliphatic rings. The largest absolute Gasteiger partial charge is 0.379 e. The molecule has 3 N–H and O–H groups in total. The van der Waals surface area contributed by atoms with Crippen LogP contribution in [0.1, 0.15) is 13.3 Å². The van der Waals surface area contributed by atoms with E-state index in [-0.39, 0.29) is 18.1 Å². The summed E-state index contributed by atoms with van der Waals surface area (Å²) >= 11 is 0. The number of nitrogens with two attached hydrogens (primary N) is 1. The molecule has 1 aliphatic heterocycles. The van der Waals surface area contributed by atoms with E-state index in [4.69, 9.17) is 10.5 Å². The first kappa shape index (κ1) is 12.8. The molecule has 6 heteroatoms. The predicted octanol–water partition coefficient (Wildman–Crippen LogP) is -0.0755. The minimum Gasteiger partial charge on any atom is -0.379 e. The maximum Gasteiger partial charge on any atom is 0.250 e. The number of anilines is 1. The summed E-state index contributed by atoms with van der Waals surface area (Å²) in [7, 11) is 0. The summed E-state index contributed by atoms with van der Waals surface area (Å²) in [4.78, 5) is 23.4. The van der Waals surface area contributed by atoms with E-state index in [0.29, 0.717) is 25.3 Å². The van der Waals surface area contributed by atoms with Crippen molar-refractivity contribution < 1.29 is 9.53 Å². The van der Waals surface area contributed by atoms with Gasteiger partial charge in [-0.05, 0) is 19.4 Å². The fourth-order valence-corrected chi connectivity index (χ4v) is 1.87. The molecule has 0 aromatic carbocycles. The zero-order valence-electron chi connectivity index (χ0n) is 10.3. The van der Waals surface area contributed by atoms with Crippen molar-refractivity contribution >= 4 is 11.6 Å². The Bertz CT molecular complexity index is 504. The third-order valence-corrected chi connectivity index (χ3v) is 3.09. The molecule has 0 saturated carbocycles. The first-order valence-corrected chi connectivity index (χ1v) is 5.94. The molecular weight excluding hydrogens is 234 g/mol. The van der Waals surface area contributed by atoms with Gasteiger partial charge in [-0.2, -0.15) is 0 Å². The van der Waals surface area contributed by atoms with Crippen LogP contribution in [0.3, 0.4) is 0 Å². The van der Waals surface area contributed by atoms with Crippen LogP contribution < -0.4 is 16.6 Å². The van der Waals surface area contributed by atoms with E-state index in [2.05, 4.69) is 5.32 Å². The second-order valence-corrected chi connectivity index (χ2v) is 4.45. The topological polar surface area (TPSA) is 86.3 Å². The zero-order valence-corrected chi connectivity index (χ0v) is 10.3. The number of hydrogen-bond donors (Lipinski definition) is 2. The molecule has 0 spiro atoms. The zero-order chi connectivity index (χ0) is 13.2. The molecule has 0 bridgehead atoms. The monoisotopic (exact) mass is 251 g/mol. The summed E-state index contributed by atoms with van der Waals surface area (Å²) in [6, 6.07) is 3.00. The lowest BCUT2D eigenvalue weighted by Gasteiger charge is -2.20. The summed E-state index contributed by atoms with van der Waals surface area (Å²) in [5.41, 5.74) is 5.45. The second-order valence-electron chi connectivity index (χ2n) is 4.45. The Morgan fingerprint density at radius 2 is 2.39 bits per heavy atom. The van der Waals surface area contributed by atoms with Gasteiger partial charge in [-0.15, -0.1) is 0 Å². The summed E-state index contributed by atoms with van der Waals surface area (Å²) < 4.78 is 6.66. The number of hydrogen-bond acceptors (Lipinski definition) is 4. The third kappa shape index (κ3) is 2.44. The maximum atomic E-state index is 12.0. The lowest BCUT2D eigenvalue weighted by molar-refractivity contribution is -0.121. The van der Waals surface area contributed by atoms with Crippen LogP contribution in [0.5, 0.6) is 0 Å². The molecule has 1 aromatic heterocycles. The van der Waals surface area contributed by atoms with E-state index in [1.54, 1.807) is 12.3 Å². The fourth-order valence-electron chi connectivity index (χ4n) is 1.87. The van der Waals surface area contributed by atoms with Crippen LogP contribution in [0.2, 0.25) is 0 Å². The predicted molar refractivity (Wildman–Crippen MR) is 67.4 cm³/mol. The Balaban J connectivity index is 2.14. The number of nitrogens with zero attached hydrogens (tertiary/aromatic N) is 1. The second kappa shape index (κ2) is 4.91. The van der Waals surface area contributed by atoms with Gasteiger partial charge >= 0.3 is 0 Å². The van der Waals surface area contributed by atoms with Gasteiger partial charge in [0, 0.05) is 25.4 Å². The number of nitrogens with one attached hydrogen (secondary N) is 1. The Kier molecular flexibility index (Phi) is 3.49. The molecule has 1 aromatic rings. The molecule has 1 fully saturated rings. The van der Waals surface area contributed by atoms with Gasteiger partial charge in [-0.25, -0.2) is 0 Å². The highest BCUT2D eigenvalue weighted by atomic mass is 16.5. The smallest absolute Gasteiger partial charge is 0.250 e. The van der Waals surface area contributed by atoms with Crippen LogP contribution in [0.15, 0.2) is 23.1 Å². The van der Waals surface area contributed by atoms with Crippen molar-refractivity contribution in [3.05, 3.63) is 28.7 Å². The number of aryl methyl sites for hydroxylation is 1. The number of amides is 1. The van der Waals surface area contributed by atoms with Gasteiger partial charge < -0.3 is 20.4 Å². The number of carbonyl (C=O) groups excluding carboxylic acids is 1.